The molecule has 2 aromatic carbocycles. The maximum atomic E-state index is 13.1. The molecule has 1 aromatic heterocycles. The Morgan fingerprint density at radius 2 is 1.79 bits per heavy atom. The number of carbonyl (C=O) groups excluding carboxylic acids is 2. The molecule has 39 heavy (non-hydrogen) atoms. The third-order valence-corrected chi connectivity index (χ3v) is 7.74. The lowest BCUT2D eigenvalue weighted by molar-refractivity contribution is -0.113. The third kappa shape index (κ3) is 7.57. The first-order valence-electron chi connectivity index (χ1n) is 12.8. The highest BCUT2D eigenvalue weighted by Gasteiger charge is 2.31. The molecule has 0 N–H and O–H groups in total. The van der Waals surface area contributed by atoms with Crippen LogP contribution < -0.4 is 4.74 Å². The van der Waals surface area contributed by atoms with Crippen LogP contribution in [0.25, 0.3) is 17.3 Å². The summed E-state index contributed by atoms with van der Waals surface area (Å²) in [6.07, 6.45) is 2.50. The van der Waals surface area contributed by atoms with Crippen molar-refractivity contribution in [2.45, 2.75) is 60.5 Å². The number of hydrogen-bond acceptors (Lipinski definition) is 6. The highest BCUT2D eigenvalue weighted by molar-refractivity contribution is 7.10. The van der Waals surface area contributed by atoms with Crippen molar-refractivity contribution < 1.29 is 19.1 Å². The van der Waals surface area contributed by atoms with Crippen LogP contribution in [0.1, 0.15) is 80.6 Å². The van der Waals surface area contributed by atoms with E-state index in [1.165, 1.54) is 18.3 Å². The van der Waals surface area contributed by atoms with Crippen LogP contribution >= 0.6 is 34.5 Å². The second kappa shape index (κ2) is 13.2. The van der Waals surface area contributed by atoms with E-state index in [0.29, 0.717) is 38.4 Å². The first-order valence-corrected chi connectivity index (χ1v) is 14.5. The van der Waals surface area contributed by atoms with Gasteiger partial charge in [0.2, 0.25) is 0 Å². The first kappa shape index (κ1) is 31.0. The number of halogens is 2. The zero-order valence-electron chi connectivity index (χ0n) is 23.5. The molecule has 208 valence electrons. The number of nitrogens with zero attached hydrogens (tertiary/aromatic N) is 1. The van der Waals surface area contributed by atoms with Crippen LogP contribution in [0, 0.1) is 5.41 Å². The van der Waals surface area contributed by atoms with E-state index >= 15 is 0 Å². The monoisotopic (exact) mass is 587 g/mol. The number of para-hydroxylation sites is 1. The van der Waals surface area contributed by atoms with Crippen LogP contribution in [0.3, 0.4) is 0 Å². The molecule has 0 saturated carbocycles. The molecule has 1 heterocycles. The Morgan fingerprint density at radius 3 is 2.36 bits per heavy atom. The van der Waals surface area contributed by atoms with Gasteiger partial charge in [-0.15, -0.1) is 11.3 Å². The summed E-state index contributed by atoms with van der Waals surface area (Å²) < 4.78 is 12.1. The van der Waals surface area contributed by atoms with E-state index in [1.54, 1.807) is 32.2 Å². The van der Waals surface area contributed by atoms with E-state index in [2.05, 4.69) is 27.7 Å². The number of hydrogen-bond donors (Lipinski definition) is 0. The van der Waals surface area contributed by atoms with Crippen molar-refractivity contribution in [1.82, 2.24) is 4.98 Å². The molecule has 0 amide bonds. The summed E-state index contributed by atoms with van der Waals surface area (Å²) in [7, 11) is 1.66. The number of aromatic nitrogens is 1. The molecule has 0 bridgehead atoms. The molecular weight excluding hydrogens is 553 g/mol. The molecule has 0 saturated heterocycles. The van der Waals surface area contributed by atoms with Gasteiger partial charge in [0.25, 0.3) is 0 Å². The minimum atomic E-state index is -0.154. The van der Waals surface area contributed by atoms with E-state index in [1.807, 2.05) is 23.6 Å². The molecule has 0 aliphatic rings. The summed E-state index contributed by atoms with van der Waals surface area (Å²) in [6.45, 7) is 12.4. The number of rotatable bonds is 11. The Bertz CT molecular complexity index is 1360. The molecule has 5 nitrogen and oxygen atoms in total. The highest BCUT2D eigenvalue weighted by Crippen LogP contribution is 2.44. The number of methoxy groups -OCH3 is 1. The molecule has 0 radical (unpaired) electrons. The largest absolute Gasteiger partial charge is 0.496 e. The number of ketones is 2. The molecule has 0 fully saturated rings. The first-order chi connectivity index (χ1) is 18.4. The lowest BCUT2D eigenvalue weighted by atomic mass is 9.83. The van der Waals surface area contributed by atoms with Crippen molar-refractivity contribution in [2.75, 3.05) is 13.7 Å². The number of ether oxygens (including phenoxy) is 2. The normalized spacial score (nSPS) is 12.9. The van der Waals surface area contributed by atoms with Crippen molar-refractivity contribution in [2.24, 2.45) is 5.41 Å². The van der Waals surface area contributed by atoms with Crippen molar-refractivity contribution in [3.63, 3.8) is 0 Å². The van der Waals surface area contributed by atoms with Crippen molar-refractivity contribution >= 4 is 52.2 Å². The van der Waals surface area contributed by atoms with Gasteiger partial charge in [-0.2, -0.15) is 0 Å². The van der Waals surface area contributed by atoms with E-state index < -0.39 is 0 Å². The number of thiazole rings is 1. The predicted molar refractivity (Wildman–Crippen MR) is 161 cm³/mol. The Labute approximate surface area is 245 Å². The summed E-state index contributed by atoms with van der Waals surface area (Å²) >= 11 is 14.3. The lowest BCUT2D eigenvalue weighted by Gasteiger charge is -2.32. The van der Waals surface area contributed by atoms with E-state index in [9.17, 15) is 9.59 Å². The number of carbonyl (C=O) groups is 2. The summed E-state index contributed by atoms with van der Waals surface area (Å²) in [5.41, 5.74) is 3.85. The summed E-state index contributed by atoms with van der Waals surface area (Å²) in [4.78, 5) is 29.5. The second-order valence-corrected chi connectivity index (χ2v) is 12.3. The number of benzene rings is 2. The third-order valence-electron chi connectivity index (χ3n) is 6.26. The molecule has 0 aliphatic heterocycles. The molecule has 8 heteroatoms. The van der Waals surface area contributed by atoms with Gasteiger partial charge in [0, 0.05) is 34.2 Å². The molecule has 0 spiro atoms. The minimum absolute atomic E-state index is 0.0774. The van der Waals surface area contributed by atoms with Crippen molar-refractivity contribution in [3.8, 4) is 17.0 Å². The average molecular weight is 589 g/mol. The van der Waals surface area contributed by atoms with Crippen LogP contribution in [-0.2, 0) is 16.0 Å². The van der Waals surface area contributed by atoms with Gasteiger partial charge in [0.15, 0.2) is 11.6 Å². The van der Waals surface area contributed by atoms with Gasteiger partial charge in [-0.3, -0.25) is 9.59 Å². The topological polar surface area (TPSA) is 65.5 Å². The predicted octanol–water partition coefficient (Wildman–Crippen LogP) is 9.06. The summed E-state index contributed by atoms with van der Waals surface area (Å²) in [6, 6.07) is 9.16. The smallest absolute Gasteiger partial charge is 0.169 e. The van der Waals surface area contributed by atoms with E-state index in [0.717, 1.165) is 29.0 Å². The standard InChI is InChI=1S/C31H35Cl2NO4S/c1-8-12-38-30(31(4,5)6)22-11-9-10-21(29(22)37-7)26-17-39-28(34-26)16-27(36)20-14-24(32)23(25(33)15-20)13-18(2)19(3)35/h9-11,13-15,17,30H,8,12,16H2,1-7H3. The Balaban J connectivity index is 1.89. The van der Waals surface area contributed by atoms with Gasteiger partial charge in [0.05, 0.1) is 35.4 Å². The molecule has 1 atom stereocenters. The van der Waals surface area contributed by atoms with Gasteiger partial charge in [-0.05, 0) is 55.5 Å². The zero-order chi connectivity index (χ0) is 28.9. The fourth-order valence-corrected chi connectivity index (χ4v) is 5.58. The van der Waals surface area contributed by atoms with Gasteiger partial charge in [-0.1, -0.05) is 63.0 Å². The van der Waals surface area contributed by atoms with Gasteiger partial charge in [-0.25, -0.2) is 4.98 Å². The minimum Gasteiger partial charge on any atom is -0.496 e. The van der Waals surface area contributed by atoms with E-state index in [-0.39, 0.29) is 29.5 Å². The Kier molecular flexibility index (Phi) is 10.5. The maximum Gasteiger partial charge on any atom is 0.169 e. The van der Waals surface area contributed by atoms with Crippen molar-refractivity contribution in [1.29, 1.82) is 0 Å². The molecular formula is C31H35Cl2NO4S. The zero-order valence-corrected chi connectivity index (χ0v) is 25.8. The summed E-state index contributed by atoms with van der Waals surface area (Å²) in [5.74, 6) is 0.492. The quantitative estimate of drug-likeness (QED) is 0.165. The fraction of sp³-hybridized carbons (Fsp3) is 0.387. The van der Waals surface area contributed by atoms with Crippen LogP contribution in [0.4, 0.5) is 0 Å². The van der Waals surface area contributed by atoms with Gasteiger partial charge in [0.1, 0.15) is 10.8 Å². The van der Waals surface area contributed by atoms with Crippen LogP contribution in [-0.4, -0.2) is 30.3 Å². The van der Waals surface area contributed by atoms with Crippen LogP contribution in [0.15, 0.2) is 41.3 Å². The molecule has 1 unspecified atom stereocenters. The van der Waals surface area contributed by atoms with Crippen LogP contribution in [0.2, 0.25) is 10.0 Å². The number of allylic oxidation sites excluding steroid dienone is 1. The lowest BCUT2D eigenvalue weighted by Crippen LogP contribution is -2.22. The molecule has 3 rings (SSSR count). The Morgan fingerprint density at radius 1 is 1.13 bits per heavy atom. The SMILES string of the molecule is CCCOC(c1cccc(-c2csc(CC(=O)c3cc(Cl)c(C=C(C)C(C)=O)c(Cl)c3)n2)c1OC)C(C)(C)C. The number of Topliss-reactive ketones (excluding diaryl/α,β-unsaturated/α-hetero) is 2. The second-order valence-electron chi connectivity index (χ2n) is 10.5. The van der Waals surface area contributed by atoms with Gasteiger partial charge >= 0.3 is 0 Å². The molecule has 3 aromatic rings. The van der Waals surface area contributed by atoms with Crippen molar-refractivity contribution in [3.05, 3.63) is 73.0 Å². The van der Waals surface area contributed by atoms with E-state index in [4.69, 9.17) is 37.7 Å². The summed E-state index contributed by atoms with van der Waals surface area (Å²) in [5, 5.41) is 3.22. The molecule has 0 aliphatic carbocycles. The average Bonchev–Trinajstić information content (AvgIpc) is 3.33. The maximum absolute atomic E-state index is 13.1. The Hall–Kier alpha value is -2.51. The van der Waals surface area contributed by atoms with Crippen LogP contribution in [0.5, 0.6) is 5.75 Å². The highest BCUT2D eigenvalue weighted by atomic mass is 35.5. The fourth-order valence-electron chi connectivity index (χ4n) is 4.19. The van der Waals surface area contributed by atoms with Gasteiger partial charge < -0.3 is 9.47 Å².